The number of rotatable bonds is 3. The van der Waals surface area contributed by atoms with Crippen LogP contribution in [-0.4, -0.2) is 12.1 Å². The lowest BCUT2D eigenvalue weighted by atomic mass is 10.2. The van der Waals surface area contributed by atoms with Gasteiger partial charge in [0.1, 0.15) is 10.8 Å². The largest absolute Gasteiger partial charge is 0.496 e. The van der Waals surface area contributed by atoms with Gasteiger partial charge in [-0.25, -0.2) is 4.98 Å². The summed E-state index contributed by atoms with van der Waals surface area (Å²) in [5.74, 6) is 1.29. The fourth-order valence-corrected chi connectivity index (χ4v) is 2.39. The predicted molar refractivity (Wildman–Crippen MR) is 70.9 cm³/mol. The van der Waals surface area contributed by atoms with Gasteiger partial charge in [-0.3, -0.25) is 0 Å². The Morgan fingerprint density at radius 2 is 2.12 bits per heavy atom. The Labute approximate surface area is 110 Å². The maximum absolute atomic E-state index is 5.71. The molecule has 0 aliphatic rings. The molecule has 0 fully saturated rings. The predicted octanol–water partition coefficient (Wildman–Crippen LogP) is 3.98. The highest BCUT2D eigenvalue weighted by atomic mass is 35.5. The van der Waals surface area contributed by atoms with Crippen LogP contribution in [0.1, 0.15) is 5.69 Å². The summed E-state index contributed by atoms with van der Waals surface area (Å²) in [4.78, 5) is 4.41. The number of benzene rings is 1. The molecule has 2 rings (SSSR count). The molecule has 0 amide bonds. The van der Waals surface area contributed by atoms with Crippen LogP contribution in [0.4, 0.5) is 0 Å². The topological polar surface area (TPSA) is 22.1 Å². The van der Waals surface area contributed by atoms with E-state index in [-0.39, 0.29) is 12.4 Å². The van der Waals surface area contributed by atoms with E-state index in [1.165, 1.54) is 0 Å². The van der Waals surface area contributed by atoms with Gasteiger partial charge in [-0.1, -0.05) is 12.1 Å². The Hall–Kier alpha value is -0.770. The van der Waals surface area contributed by atoms with Gasteiger partial charge in [-0.2, -0.15) is 0 Å². The van der Waals surface area contributed by atoms with Crippen molar-refractivity contribution >= 4 is 35.3 Å². The second-order valence-corrected chi connectivity index (χ2v) is 4.10. The molecule has 1 aromatic carbocycles. The number of hydrogen-bond acceptors (Lipinski definition) is 3. The van der Waals surface area contributed by atoms with Crippen LogP contribution in [0.2, 0.25) is 0 Å². The van der Waals surface area contributed by atoms with Gasteiger partial charge in [0.2, 0.25) is 0 Å². The number of aromatic nitrogens is 1. The van der Waals surface area contributed by atoms with Crippen molar-refractivity contribution in [3.05, 3.63) is 35.3 Å². The van der Waals surface area contributed by atoms with Gasteiger partial charge in [-0.15, -0.1) is 35.3 Å². The highest BCUT2D eigenvalue weighted by Gasteiger charge is 2.08. The molecule has 2 nitrogen and oxygen atoms in total. The highest BCUT2D eigenvalue weighted by molar-refractivity contribution is 7.13. The molecule has 16 heavy (non-hydrogen) atoms. The smallest absolute Gasteiger partial charge is 0.129 e. The molecule has 2 aromatic rings. The molecule has 1 aromatic heterocycles. The SMILES string of the molecule is COc1ccccc1-c1nc(CCl)cs1.Cl. The van der Waals surface area contributed by atoms with Crippen molar-refractivity contribution in [2.75, 3.05) is 7.11 Å². The molecular formula is C11H11Cl2NOS. The van der Waals surface area contributed by atoms with Gasteiger partial charge in [0.25, 0.3) is 0 Å². The molecule has 0 unspecified atom stereocenters. The average Bonchev–Trinajstić information content (AvgIpc) is 2.77. The van der Waals surface area contributed by atoms with Crippen molar-refractivity contribution in [3.8, 4) is 16.3 Å². The third-order valence-corrected chi connectivity index (χ3v) is 3.22. The van der Waals surface area contributed by atoms with Crippen molar-refractivity contribution in [3.63, 3.8) is 0 Å². The number of halogens is 2. The highest BCUT2D eigenvalue weighted by Crippen LogP contribution is 2.31. The van der Waals surface area contributed by atoms with Gasteiger partial charge >= 0.3 is 0 Å². The fraction of sp³-hybridized carbons (Fsp3) is 0.182. The third-order valence-electron chi connectivity index (χ3n) is 2.03. The second kappa shape index (κ2) is 6.09. The van der Waals surface area contributed by atoms with E-state index in [2.05, 4.69) is 4.98 Å². The zero-order valence-electron chi connectivity index (χ0n) is 8.64. The quantitative estimate of drug-likeness (QED) is 0.791. The van der Waals surface area contributed by atoms with E-state index in [9.17, 15) is 0 Å². The molecule has 0 radical (unpaired) electrons. The zero-order valence-corrected chi connectivity index (χ0v) is 11.0. The van der Waals surface area contributed by atoms with E-state index >= 15 is 0 Å². The minimum absolute atomic E-state index is 0. The summed E-state index contributed by atoms with van der Waals surface area (Å²) in [6.07, 6.45) is 0. The lowest BCUT2D eigenvalue weighted by Crippen LogP contribution is -1.87. The maximum atomic E-state index is 5.71. The second-order valence-electron chi connectivity index (χ2n) is 2.98. The van der Waals surface area contributed by atoms with Gasteiger partial charge in [-0.05, 0) is 12.1 Å². The lowest BCUT2D eigenvalue weighted by molar-refractivity contribution is 0.416. The molecule has 86 valence electrons. The first-order valence-corrected chi connectivity index (χ1v) is 5.90. The van der Waals surface area contributed by atoms with Gasteiger partial charge in [0.05, 0.1) is 24.2 Å². The number of ether oxygens (including phenoxy) is 1. The number of para-hydroxylation sites is 1. The van der Waals surface area contributed by atoms with Crippen LogP contribution in [0.25, 0.3) is 10.6 Å². The Morgan fingerprint density at radius 3 is 2.75 bits per heavy atom. The first-order chi connectivity index (χ1) is 7.35. The summed E-state index contributed by atoms with van der Waals surface area (Å²) in [5.41, 5.74) is 1.92. The Morgan fingerprint density at radius 1 is 1.38 bits per heavy atom. The minimum atomic E-state index is 0. The van der Waals surface area contributed by atoms with Crippen LogP contribution < -0.4 is 4.74 Å². The van der Waals surface area contributed by atoms with E-state index < -0.39 is 0 Å². The number of thiazole rings is 1. The first-order valence-electron chi connectivity index (χ1n) is 4.49. The van der Waals surface area contributed by atoms with E-state index in [1.807, 2.05) is 29.6 Å². The van der Waals surface area contributed by atoms with Crippen molar-refractivity contribution < 1.29 is 4.74 Å². The molecule has 0 saturated carbocycles. The van der Waals surface area contributed by atoms with Crippen molar-refractivity contribution in [2.24, 2.45) is 0 Å². The normalized spacial score (nSPS) is 9.62. The molecule has 5 heteroatoms. The van der Waals surface area contributed by atoms with E-state index in [1.54, 1.807) is 18.4 Å². The monoisotopic (exact) mass is 275 g/mol. The molecular weight excluding hydrogens is 265 g/mol. The average molecular weight is 276 g/mol. The summed E-state index contributed by atoms with van der Waals surface area (Å²) in [5, 5.41) is 2.91. The summed E-state index contributed by atoms with van der Waals surface area (Å²) in [7, 11) is 1.66. The van der Waals surface area contributed by atoms with Crippen LogP contribution in [0.15, 0.2) is 29.6 Å². The fourth-order valence-electron chi connectivity index (χ4n) is 1.31. The summed E-state index contributed by atoms with van der Waals surface area (Å²) >= 11 is 7.30. The molecule has 0 spiro atoms. The Balaban J connectivity index is 0.00000128. The number of alkyl halides is 1. The van der Waals surface area contributed by atoms with Crippen LogP contribution >= 0.6 is 35.3 Å². The molecule has 1 heterocycles. The summed E-state index contributed by atoms with van der Waals surface area (Å²) < 4.78 is 5.28. The van der Waals surface area contributed by atoms with Crippen LogP contribution in [0, 0.1) is 0 Å². The summed E-state index contributed by atoms with van der Waals surface area (Å²) in [6.45, 7) is 0. The van der Waals surface area contributed by atoms with Crippen LogP contribution in [0.3, 0.4) is 0 Å². The number of nitrogens with zero attached hydrogens (tertiary/aromatic N) is 1. The molecule has 0 aliphatic heterocycles. The van der Waals surface area contributed by atoms with Crippen LogP contribution in [0.5, 0.6) is 5.75 Å². The number of hydrogen-bond donors (Lipinski definition) is 0. The Bertz CT molecular complexity index is 459. The number of methoxy groups -OCH3 is 1. The van der Waals surface area contributed by atoms with Crippen LogP contribution in [-0.2, 0) is 5.88 Å². The molecule has 0 atom stereocenters. The van der Waals surface area contributed by atoms with E-state index in [0.29, 0.717) is 5.88 Å². The maximum Gasteiger partial charge on any atom is 0.129 e. The molecule has 0 aliphatic carbocycles. The molecule has 0 N–H and O–H groups in total. The van der Waals surface area contributed by atoms with Crippen molar-refractivity contribution in [2.45, 2.75) is 5.88 Å². The minimum Gasteiger partial charge on any atom is -0.496 e. The summed E-state index contributed by atoms with van der Waals surface area (Å²) in [6, 6.07) is 7.84. The standard InChI is InChI=1S/C11H10ClNOS.ClH/c1-14-10-5-3-2-4-9(10)11-13-8(6-12)7-15-11;/h2-5,7H,6H2,1H3;1H. The first kappa shape index (κ1) is 13.3. The zero-order chi connectivity index (χ0) is 10.7. The van der Waals surface area contributed by atoms with Gasteiger partial charge < -0.3 is 4.74 Å². The molecule has 0 bridgehead atoms. The van der Waals surface area contributed by atoms with E-state index in [0.717, 1.165) is 22.0 Å². The molecule has 0 saturated heterocycles. The third kappa shape index (κ3) is 2.67. The van der Waals surface area contributed by atoms with Crippen molar-refractivity contribution in [1.82, 2.24) is 4.98 Å². The van der Waals surface area contributed by atoms with Crippen molar-refractivity contribution in [1.29, 1.82) is 0 Å². The Kier molecular flexibility index (Phi) is 5.06. The van der Waals surface area contributed by atoms with E-state index in [4.69, 9.17) is 16.3 Å². The van der Waals surface area contributed by atoms with Gasteiger partial charge in [0, 0.05) is 5.38 Å². The lowest BCUT2D eigenvalue weighted by Gasteiger charge is -2.04. The van der Waals surface area contributed by atoms with Gasteiger partial charge in [0.15, 0.2) is 0 Å².